The number of nitrogens with one attached hydrogen (secondary N) is 2. The summed E-state index contributed by atoms with van der Waals surface area (Å²) in [7, 11) is 0. The van der Waals surface area contributed by atoms with Gasteiger partial charge in [0.2, 0.25) is 12.2 Å². The van der Waals surface area contributed by atoms with Crippen molar-refractivity contribution < 1.29 is 4.74 Å². The van der Waals surface area contributed by atoms with Gasteiger partial charge in [-0.1, -0.05) is 18.2 Å². The van der Waals surface area contributed by atoms with Crippen molar-refractivity contribution in [2.75, 3.05) is 18.5 Å². The summed E-state index contributed by atoms with van der Waals surface area (Å²) in [5.41, 5.74) is 1.99. The first kappa shape index (κ1) is 18.3. The summed E-state index contributed by atoms with van der Waals surface area (Å²) in [4.78, 5) is 7.71. The monoisotopic (exact) mass is 337 g/mol. The summed E-state index contributed by atoms with van der Waals surface area (Å²) in [6.45, 7) is 3.49. The number of hydrogen-bond acceptors (Lipinski definition) is 4. The number of para-hydroxylation sites is 1. The van der Waals surface area contributed by atoms with Crippen LogP contribution in [0.2, 0.25) is 0 Å². The molecule has 0 amide bonds. The Morgan fingerprint density at radius 3 is 2.72 bits per heavy atom. The first-order chi connectivity index (χ1) is 12.3. The van der Waals surface area contributed by atoms with Crippen LogP contribution in [0.1, 0.15) is 24.8 Å². The van der Waals surface area contributed by atoms with Crippen LogP contribution in [-0.4, -0.2) is 24.1 Å². The molecule has 0 saturated carbocycles. The van der Waals surface area contributed by atoms with Crippen molar-refractivity contribution in [3.63, 3.8) is 0 Å². The van der Waals surface area contributed by atoms with Crippen LogP contribution >= 0.6 is 0 Å². The van der Waals surface area contributed by atoms with E-state index in [1.165, 1.54) is 0 Å². The molecule has 2 N–H and O–H groups in total. The number of nitriles is 1. The minimum Gasteiger partial charge on any atom is -0.493 e. The minimum absolute atomic E-state index is 0.449. The second-order valence-corrected chi connectivity index (χ2v) is 5.52. The highest BCUT2D eigenvalue weighted by atomic mass is 16.5. The largest absolute Gasteiger partial charge is 0.493 e. The molecule has 25 heavy (non-hydrogen) atoms. The fourth-order valence-electron chi connectivity index (χ4n) is 2.24. The first-order valence-corrected chi connectivity index (χ1v) is 8.35. The molecule has 0 radical (unpaired) electrons. The fourth-order valence-corrected chi connectivity index (χ4v) is 2.24. The third-order valence-electron chi connectivity index (χ3n) is 3.57. The Bertz CT molecular complexity index is 709. The standard InChI is InChI=1S/C19H23N5O/c1-16-7-3-4-8-18(16)25-14-6-2-5-11-22-19(23-15-20)24-17-9-12-21-13-10-17/h3-4,7-10,12-13H,2,5-6,11,14H2,1H3,(H2,21,22,23,24). The zero-order chi connectivity index (χ0) is 17.7. The van der Waals surface area contributed by atoms with E-state index in [0.29, 0.717) is 12.6 Å². The zero-order valence-electron chi connectivity index (χ0n) is 14.4. The topological polar surface area (TPSA) is 82.3 Å². The number of guanidine groups is 1. The Hall–Kier alpha value is -3.07. The van der Waals surface area contributed by atoms with Crippen molar-refractivity contribution in [1.82, 2.24) is 10.3 Å². The Morgan fingerprint density at radius 2 is 1.96 bits per heavy atom. The third-order valence-corrected chi connectivity index (χ3v) is 3.57. The molecule has 0 unspecified atom stereocenters. The Morgan fingerprint density at radius 1 is 1.16 bits per heavy atom. The van der Waals surface area contributed by atoms with Gasteiger partial charge >= 0.3 is 0 Å². The van der Waals surface area contributed by atoms with Gasteiger partial charge in [-0.2, -0.15) is 5.26 Å². The van der Waals surface area contributed by atoms with E-state index in [1.54, 1.807) is 18.6 Å². The second kappa shape index (κ2) is 10.7. The number of anilines is 1. The lowest BCUT2D eigenvalue weighted by atomic mass is 10.2. The van der Waals surface area contributed by atoms with Crippen molar-refractivity contribution in [2.24, 2.45) is 4.99 Å². The van der Waals surface area contributed by atoms with Crippen molar-refractivity contribution in [3.05, 3.63) is 54.4 Å². The maximum absolute atomic E-state index is 8.77. The number of rotatable bonds is 8. The van der Waals surface area contributed by atoms with E-state index in [9.17, 15) is 0 Å². The summed E-state index contributed by atoms with van der Waals surface area (Å²) >= 11 is 0. The van der Waals surface area contributed by atoms with E-state index in [1.807, 2.05) is 43.3 Å². The molecular weight excluding hydrogens is 314 g/mol. The average molecular weight is 337 g/mol. The molecule has 6 heteroatoms. The summed E-state index contributed by atoms with van der Waals surface area (Å²) in [5.74, 6) is 1.40. The molecule has 1 aromatic heterocycles. The number of aliphatic imine (C=N–C) groups is 1. The second-order valence-electron chi connectivity index (χ2n) is 5.52. The fraction of sp³-hybridized carbons (Fsp3) is 0.316. The van der Waals surface area contributed by atoms with Crippen molar-refractivity contribution in [1.29, 1.82) is 5.26 Å². The molecule has 0 atom stereocenters. The number of aromatic nitrogens is 1. The molecule has 0 spiro atoms. The number of hydrogen-bond donors (Lipinski definition) is 2. The number of aryl methyl sites for hydroxylation is 1. The van der Waals surface area contributed by atoms with Crippen LogP contribution in [0.4, 0.5) is 5.69 Å². The van der Waals surface area contributed by atoms with Gasteiger partial charge in [-0.05, 0) is 49.9 Å². The van der Waals surface area contributed by atoms with Gasteiger partial charge in [-0.3, -0.25) is 4.98 Å². The van der Waals surface area contributed by atoms with Crippen LogP contribution in [0, 0.1) is 18.4 Å². The van der Waals surface area contributed by atoms with E-state index in [2.05, 4.69) is 20.6 Å². The average Bonchev–Trinajstić information content (AvgIpc) is 2.63. The van der Waals surface area contributed by atoms with Gasteiger partial charge in [0.05, 0.1) is 6.61 Å². The Kier molecular flexibility index (Phi) is 7.79. The van der Waals surface area contributed by atoms with Crippen LogP contribution in [0.15, 0.2) is 53.8 Å². The highest BCUT2D eigenvalue weighted by molar-refractivity contribution is 5.94. The van der Waals surface area contributed by atoms with Crippen LogP contribution < -0.4 is 15.4 Å². The minimum atomic E-state index is 0.449. The van der Waals surface area contributed by atoms with Gasteiger partial charge < -0.3 is 15.4 Å². The lowest BCUT2D eigenvalue weighted by Crippen LogP contribution is -2.31. The lowest BCUT2D eigenvalue weighted by Gasteiger charge is -2.11. The normalized spacial score (nSPS) is 10.8. The Labute approximate surface area is 148 Å². The van der Waals surface area contributed by atoms with Crippen LogP contribution in [-0.2, 0) is 0 Å². The highest BCUT2D eigenvalue weighted by Gasteiger charge is 2.00. The summed E-state index contributed by atoms with van der Waals surface area (Å²) in [6.07, 6.45) is 8.15. The number of unbranched alkanes of at least 4 members (excludes halogenated alkanes) is 2. The summed E-state index contributed by atoms with van der Waals surface area (Å²) in [6, 6.07) is 11.7. The molecule has 0 aliphatic rings. The van der Waals surface area contributed by atoms with Gasteiger partial charge in [0.1, 0.15) is 5.75 Å². The third kappa shape index (κ3) is 6.92. The molecule has 0 bridgehead atoms. The number of benzene rings is 1. The molecule has 2 rings (SSSR count). The maximum Gasteiger partial charge on any atom is 0.211 e. The molecule has 0 fully saturated rings. The SMILES string of the molecule is Cc1ccccc1OCCCCCN/C(=N\C#N)Nc1ccncc1. The predicted octanol–water partition coefficient (Wildman–Crippen LogP) is 3.48. The summed E-state index contributed by atoms with van der Waals surface area (Å²) < 4.78 is 5.78. The molecule has 1 aromatic carbocycles. The smallest absolute Gasteiger partial charge is 0.211 e. The van der Waals surface area contributed by atoms with Gasteiger partial charge in [-0.25, -0.2) is 0 Å². The molecule has 0 aliphatic carbocycles. The van der Waals surface area contributed by atoms with E-state index < -0.39 is 0 Å². The van der Waals surface area contributed by atoms with Gasteiger partial charge in [0.15, 0.2) is 0 Å². The first-order valence-electron chi connectivity index (χ1n) is 8.35. The lowest BCUT2D eigenvalue weighted by molar-refractivity contribution is 0.303. The zero-order valence-corrected chi connectivity index (χ0v) is 14.4. The van der Waals surface area contributed by atoms with Crippen LogP contribution in [0.3, 0.4) is 0 Å². The van der Waals surface area contributed by atoms with Gasteiger partial charge in [-0.15, -0.1) is 4.99 Å². The van der Waals surface area contributed by atoms with Crippen LogP contribution in [0.25, 0.3) is 0 Å². The van der Waals surface area contributed by atoms with E-state index in [0.717, 1.165) is 42.8 Å². The highest BCUT2D eigenvalue weighted by Crippen LogP contribution is 2.16. The number of nitrogens with zero attached hydrogens (tertiary/aromatic N) is 3. The maximum atomic E-state index is 8.77. The molecule has 130 valence electrons. The summed E-state index contributed by atoms with van der Waals surface area (Å²) in [5, 5.41) is 15.0. The van der Waals surface area contributed by atoms with Crippen molar-refractivity contribution in [2.45, 2.75) is 26.2 Å². The molecule has 6 nitrogen and oxygen atoms in total. The van der Waals surface area contributed by atoms with Crippen molar-refractivity contribution in [3.8, 4) is 11.9 Å². The predicted molar refractivity (Wildman–Crippen MR) is 99.4 cm³/mol. The van der Waals surface area contributed by atoms with E-state index in [-0.39, 0.29) is 0 Å². The Balaban J connectivity index is 1.62. The van der Waals surface area contributed by atoms with Gasteiger partial charge in [0, 0.05) is 24.6 Å². The van der Waals surface area contributed by atoms with Crippen molar-refractivity contribution >= 4 is 11.6 Å². The van der Waals surface area contributed by atoms with E-state index in [4.69, 9.17) is 10.00 Å². The van der Waals surface area contributed by atoms with E-state index >= 15 is 0 Å². The molecule has 1 heterocycles. The molecular formula is C19H23N5O. The number of pyridine rings is 1. The molecule has 0 aliphatic heterocycles. The molecule has 0 saturated heterocycles. The number of ether oxygens (including phenoxy) is 1. The van der Waals surface area contributed by atoms with Gasteiger partial charge in [0.25, 0.3) is 0 Å². The molecule has 2 aromatic rings. The quantitative estimate of drug-likeness (QED) is 0.333. The van der Waals surface area contributed by atoms with Crippen LogP contribution in [0.5, 0.6) is 5.75 Å².